The predicted molar refractivity (Wildman–Crippen MR) is 93.2 cm³/mol. The van der Waals surface area contributed by atoms with E-state index >= 15 is 0 Å². The van der Waals surface area contributed by atoms with Gasteiger partial charge in [0.2, 0.25) is 0 Å². The van der Waals surface area contributed by atoms with Gasteiger partial charge in [0, 0.05) is 16.6 Å². The van der Waals surface area contributed by atoms with Gasteiger partial charge in [-0.05, 0) is 37.5 Å². The van der Waals surface area contributed by atoms with Crippen molar-refractivity contribution < 1.29 is 19.2 Å². The molecule has 1 aromatic carbocycles. The van der Waals surface area contributed by atoms with Gasteiger partial charge in [-0.2, -0.15) is 0 Å². The Bertz CT molecular complexity index is 595. The highest BCUT2D eigenvalue weighted by atomic mass is 35.5. The summed E-state index contributed by atoms with van der Waals surface area (Å²) in [4.78, 5) is 25.1. The van der Waals surface area contributed by atoms with E-state index in [4.69, 9.17) is 27.9 Å². The van der Waals surface area contributed by atoms with Gasteiger partial charge in [-0.3, -0.25) is 9.59 Å². The van der Waals surface area contributed by atoms with Crippen molar-refractivity contribution >= 4 is 35.1 Å². The van der Waals surface area contributed by atoms with E-state index in [9.17, 15) is 9.59 Å². The lowest BCUT2D eigenvalue weighted by Gasteiger charge is -2.28. The zero-order valence-corrected chi connectivity index (χ0v) is 15.3. The van der Waals surface area contributed by atoms with Gasteiger partial charge in [-0.25, -0.2) is 0 Å². The van der Waals surface area contributed by atoms with Crippen LogP contribution in [0.25, 0.3) is 0 Å². The first kappa shape index (κ1) is 19.0. The lowest BCUT2D eigenvalue weighted by Crippen LogP contribution is -3.14. The smallest absolute Gasteiger partial charge is 0.314 e. The van der Waals surface area contributed by atoms with Crippen LogP contribution in [0.2, 0.25) is 10.0 Å². The number of hydrogen-bond donors (Lipinski definition) is 2. The van der Waals surface area contributed by atoms with Crippen molar-refractivity contribution in [1.82, 2.24) is 5.32 Å². The largest absolute Gasteiger partial charge is 0.466 e. The summed E-state index contributed by atoms with van der Waals surface area (Å²) in [6, 6.07) is 5.20. The van der Waals surface area contributed by atoms with Gasteiger partial charge in [0.1, 0.15) is 5.92 Å². The zero-order chi connectivity index (χ0) is 17.5. The minimum Gasteiger partial charge on any atom is -0.466 e. The number of quaternary nitrogens is 1. The van der Waals surface area contributed by atoms with E-state index in [1.165, 1.54) is 0 Å². The number of carbonyl (C=O) groups is 2. The number of likely N-dealkylation sites (tertiary alicyclic amines) is 1. The fraction of sp³-hybridized carbons (Fsp3) is 0.529. The average molecular weight is 374 g/mol. The second kappa shape index (κ2) is 9.25. The molecule has 0 bridgehead atoms. The van der Waals surface area contributed by atoms with Crippen molar-refractivity contribution in [2.75, 3.05) is 26.2 Å². The van der Waals surface area contributed by atoms with E-state index in [1.807, 2.05) is 0 Å². The topological polar surface area (TPSA) is 59.8 Å². The maximum absolute atomic E-state index is 12.1. The van der Waals surface area contributed by atoms with Gasteiger partial charge in [-0.1, -0.05) is 29.3 Å². The quantitative estimate of drug-likeness (QED) is 0.742. The van der Waals surface area contributed by atoms with Gasteiger partial charge in [-0.15, -0.1) is 0 Å². The van der Waals surface area contributed by atoms with Crippen LogP contribution in [0.15, 0.2) is 18.2 Å². The molecule has 132 valence electrons. The Kier molecular flexibility index (Phi) is 7.34. The highest BCUT2D eigenvalue weighted by Gasteiger charge is 2.30. The van der Waals surface area contributed by atoms with Crippen LogP contribution in [0.5, 0.6) is 0 Å². The molecule has 5 nitrogen and oxygen atoms in total. The van der Waals surface area contributed by atoms with Crippen molar-refractivity contribution in [3.8, 4) is 0 Å². The van der Waals surface area contributed by atoms with E-state index in [2.05, 4.69) is 5.32 Å². The Balaban J connectivity index is 1.80. The molecule has 1 aliphatic rings. The van der Waals surface area contributed by atoms with Gasteiger partial charge < -0.3 is 15.0 Å². The molecule has 0 aliphatic carbocycles. The molecular formula is C17H23Cl2N2O3+. The third-order valence-corrected chi connectivity index (χ3v) is 4.73. The molecule has 2 rings (SSSR count). The number of piperidine rings is 1. The predicted octanol–water partition coefficient (Wildman–Crippen LogP) is 1.47. The van der Waals surface area contributed by atoms with E-state index in [0.29, 0.717) is 36.3 Å². The van der Waals surface area contributed by atoms with Crippen molar-refractivity contribution in [3.05, 3.63) is 33.8 Å². The monoisotopic (exact) mass is 373 g/mol. The molecule has 2 atom stereocenters. The summed E-state index contributed by atoms with van der Waals surface area (Å²) in [6.07, 6.45) is 1.76. The van der Waals surface area contributed by atoms with Crippen molar-refractivity contribution in [2.24, 2.45) is 5.92 Å². The molecule has 7 heteroatoms. The Hall–Kier alpha value is -1.30. The lowest BCUT2D eigenvalue weighted by atomic mass is 9.98. The van der Waals surface area contributed by atoms with Crippen LogP contribution in [0, 0.1) is 5.92 Å². The Morgan fingerprint density at radius 2 is 2.17 bits per heavy atom. The Labute approximate surface area is 152 Å². The molecule has 1 heterocycles. The maximum Gasteiger partial charge on any atom is 0.314 e. The summed E-state index contributed by atoms with van der Waals surface area (Å²) >= 11 is 12.0. The van der Waals surface area contributed by atoms with Gasteiger partial charge in [0.15, 0.2) is 6.54 Å². The minimum atomic E-state index is -0.150. The fourth-order valence-electron chi connectivity index (χ4n) is 2.92. The third-order valence-electron chi connectivity index (χ3n) is 4.14. The van der Waals surface area contributed by atoms with Crippen LogP contribution in [0.3, 0.4) is 0 Å². The number of rotatable bonds is 6. The molecule has 1 saturated heterocycles. The highest BCUT2D eigenvalue weighted by molar-refractivity contribution is 6.35. The summed E-state index contributed by atoms with van der Waals surface area (Å²) in [7, 11) is 0. The fourth-order valence-corrected chi connectivity index (χ4v) is 3.40. The number of hydrogen-bond acceptors (Lipinski definition) is 3. The van der Waals surface area contributed by atoms with Crippen LogP contribution in [0.1, 0.15) is 25.3 Å². The number of ether oxygens (including phenoxy) is 1. The number of esters is 1. The van der Waals surface area contributed by atoms with Gasteiger partial charge in [0.25, 0.3) is 5.91 Å². The second-order valence-electron chi connectivity index (χ2n) is 5.98. The molecule has 0 saturated carbocycles. The van der Waals surface area contributed by atoms with Crippen LogP contribution in [0.4, 0.5) is 0 Å². The minimum absolute atomic E-state index is 0.0551. The van der Waals surface area contributed by atoms with Crippen molar-refractivity contribution in [3.63, 3.8) is 0 Å². The number of carbonyl (C=O) groups excluding carboxylic acids is 2. The standard InChI is InChI=1S/C17H22Cl2N2O3/c1-2-24-17(23)13-4-3-7-21(10-13)11-16(22)20-9-12-5-6-14(18)8-15(12)19/h5-6,8,13H,2-4,7,9-11H2,1H3,(H,20,22)/p+1/t13-/m0/s1. The van der Waals surface area contributed by atoms with E-state index in [0.717, 1.165) is 29.8 Å². The van der Waals surface area contributed by atoms with Crippen LogP contribution < -0.4 is 10.2 Å². The third kappa shape index (κ3) is 5.65. The highest BCUT2D eigenvalue weighted by Crippen LogP contribution is 2.20. The van der Waals surface area contributed by atoms with E-state index < -0.39 is 0 Å². The number of amides is 1. The van der Waals surface area contributed by atoms with Gasteiger partial charge >= 0.3 is 5.97 Å². The SMILES string of the molecule is CCOC(=O)[C@H]1CCC[NH+](CC(=O)NCc2ccc(Cl)cc2Cl)C1. The average Bonchev–Trinajstić information content (AvgIpc) is 2.54. The van der Waals surface area contributed by atoms with Crippen molar-refractivity contribution in [1.29, 1.82) is 0 Å². The van der Waals surface area contributed by atoms with Crippen LogP contribution in [-0.2, 0) is 20.9 Å². The lowest BCUT2D eigenvalue weighted by molar-refractivity contribution is -0.899. The molecule has 1 unspecified atom stereocenters. The normalized spacial score (nSPS) is 20.5. The molecule has 0 aromatic heterocycles. The molecule has 0 spiro atoms. The summed E-state index contributed by atoms with van der Waals surface area (Å²) in [5.41, 5.74) is 0.826. The molecular weight excluding hydrogens is 351 g/mol. The summed E-state index contributed by atoms with van der Waals surface area (Å²) in [6.45, 7) is 4.46. The van der Waals surface area contributed by atoms with E-state index in [-0.39, 0.29) is 17.8 Å². The molecule has 1 aliphatic heterocycles. The summed E-state index contributed by atoms with van der Waals surface area (Å²) in [5.74, 6) is -0.309. The first-order chi connectivity index (χ1) is 11.5. The first-order valence-electron chi connectivity index (χ1n) is 8.20. The zero-order valence-electron chi connectivity index (χ0n) is 13.7. The molecule has 1 fully saturated rings. The summed E-state index contributed by atoms with van der Waals surface area (Å²) in [5, 5.41) is 3.98. The van der Waals surface area contributed by atoms with Crippen LogP contribution >= 0.6 is 23.2 Å². The van der Waals surface area contributed by atoms with Crippen molar-refractivity contribution in [2.45, 2.75) is 26.3 Å². The number of benzene rings is 1. The number of halogens is 2. The second-order valence-corrected chi connectivity index (χ2v) is 6.83. The molecule has 24 heavy (non-hydrogen) atoms. The Morgan fingerprint density at radius 3 is 2.88 bits per heavy atom. The van der Waals surface area contributed by atoms with Gasteiger partial charge in [0.05, 0.1) is 19.7 Å². The summed E-state index contributed by atoms with van der Waals surface area (Å²) < 4.78 is 5.08. The Morgan fingerprint density at radius 1 is 1.38 bits per heavy atom. The first-order valence-corrected chi connectivity index (χ1v) is 8.96. The maximum atomic E-state index is 12.1. The molecule has 1 aromatic rings. The van der Waals surface area contributed by atoms with Crippen LogP contribution in [-0.4, -0.2) is 38.1 Å². The molecule has 2 N–H and O–H groups in total. The molecule has 0 radical (unpaired) electrons. The van der Waals surface area contributed by atoms with E-state index in [1.54, 1.807) is 25.1 Å². The molecule has 1 amide bonds. The number of nitrogens with one attached hydrogen (secondary N) is 2.